The number of rotatable bonds is 0. The summed E-state index contributed by atoms with van der Waals surface area (Å²) in [4.78, 5) is 2.08. The summed E-state index contributed by atoms with van der Waals surface area (Å²) in [5.41, 5.74) is 2.11. The van der Waals surface area contributed by atoms with Gasteiger partial charge in [-0.2, -0.15) is 0 Å². The summed E-state index contributed by atoms with van der Waals surface area (Å²) in [5, 5.41) is 0.211. The summed E-state index contributed by atoms with van der Waals surface area (Å²) < 4.78 is 13.0. The first kappa shape index (κ1) is 7.87. The van der Waals surface area contributed by atoms with Crippen LogP contribution < -0.4 is 4.90 Å². The predicted octanol–water partition coefficient (Wildman–Crippen LogP) is 2.47. The van der Waals surface area contributed by atoms with Crippen LogP contribution >= 0.6 is 11.6 Å². The molecule has 0 amide bonds. The van der Waals surface area contributed by atoms with Crippen molar-refractivity contribution < 1.29 is 4.39 Å². The molecule has 0 fully saturated rings. The van der Waals surface area contributed by atoms with Gasteiger partial charge in [0.25, 0.3) is 0 Å². The van der Waals surface area contributed by atoms with Gasteiger partial charge in [-0.25, -0.2) is 4.39 Å². The molecule has 1 nitrogen and oxygen atoms in total. The standard InChI is InChI=1S/C9H9ClFN/c1-12-3-2-6-4-8(11)7(10)5-9(6)12/h4-5H,2-3H2,1H3. The van der Waals surface area contributed by atoms with Gasteiger partial charge in [-0.05, 0) is 24.1 Å². The van der Waals surface area contributed by atoms with Gasteiger partial charge in [0, 0.05) is 19.3 Å². The van der Waals surface area contributed by atoms with E-state index >= 15 is 0 Å². The van der Waals surface area contributed by atoms with E-state index in [1.807, 2.05) is 7.05 Å². The fraction of sp³-hybridized carbons (Fsp3) is 0.333. The minimum Gasteiger partial charge on any atom is -0.374 e. The molecule has 1 aromatic rings. The largest absolute Gasteiger partial charge is 0.374 e. The third kappa shape index (κ3) is 1.07. The van der Waals surface area contributed by atoms with Crippen LogP contribution in [0, 0.1) is 5.82 Å². The van der Waals surface area contributed by atoms with Crippen molar-refractivity contribution in [1.82, 2.24) is 0 Å². The van der Waals surface area contributed by atoms with E-state index in [2.05, 4.69) is 4.90 Å². The normalized spacial score (nSPS) is 15.1. The number of halogens is 2. The summed E-state index contributed by atoms with van der Waals surface area (Å²) >= 11 is 5.66. The summed E-state index contributed by atoms with van der Waals surface area (Å²) in [6.45, 7) is 0.953. The lowest BCUT2D eigenvalue weighted by Gasteiger charge is -2.11. The third-order valence-electron chi connectivity index (χ3n) is 2.25. The zero-order chi connectivity index (χ0) is 8.72. The molecule has 0 unspecified atom stereocenters. The Morgan fingerprint density at radius 2 is 2.25 bits per heavy atom. The summed E-state index contributed by atoms with van der Waals surface area (Å²) in [5.74, 6) is -0.314. The molecule has 0 aromatic heterocycles. The second kappa shape index (κ2) is 2.63. The van der Waals surface area contributed by atoms with Gasteiger partial charge >= 0.3 is 0 Å². The van der Waals surface area contributed by atoms with Gasteiger partial charge in [0.15, 0.2) is 0 Å². The number of anilines is 1. The Morgan fingerprint density at radius 3 is 3.00 bits per heavy atom. The first-order valence-electron chi connectivity index (χ1n) is 3.87. The van der Waals surface area contributed by atoms with Crippen LogP contribution in [0.3, 0.4) is 0 Å². The zero-order valence-electron chi connectivity index (χ0n) is 6.77. The topological polar surface area (TPSA) is 3.24 Å². The van der Waals surface area contributed by atoms with E-state index < -0.39 is 0 Å². The second-order valence-corrected chi connectivity index (χ2v) is 3.47. The molecule has 3 heteroatoms. The van der Waals surface area contributed by atoms with Gasteiger partial charge in [-0.3, -0.25) is 0 Å². The van der Waals surface area contributed by atoms with Crippen LogP contribution in [0.5, 0.6) is 0 Å². The highest BCUT2D eigenvalue weighted by molar-refractivity contribution is 6.31. The zero-order valence-corrected chi connectivity index (χ0v) is 7.53. The summed E-state index contributed by atoms with van der Waals surface area (Å²) in [6, 6.07) is 3.22. The van der Waals surface area contributed by atoms with E-state index in [9.17, 15) is 4.39 Å². The molecule has 0 saturated heterocycles. The lowest BCUT2D eigenvalue weighted by molar-refractivity contribution is 0.627. The Morgan fingerprint density at radius 1 is 1.50 bits per heavy atom. The predicted molar refractivity (Wildman–Crippen MR) is 48.4 cm³/mol. The number of fused-ring (bicyclic) bond motifs is 1. The van der Waals surface area contributed by atoms with Crippen LogP contribution in [-0.4, -0.2) is 13.6 Å². The summed E-state index contributed by atoms with van der Waals surface area (Å²) in [7, 11) is 1.99. The molecule has 12 heavy (non-hydrogen) atoms. The van der Waals surface area contributed by atoms with E-state index in [0.717, 1.165) is 24.2 Å². The average Bonchev–Trinajstić information content (AvgIpc) is 2.35. The van der Waals surface area contributed by atoms with Crippen LogP contribution in [-0.2, 0) is 6.42 Å². The van der Waals surface area contributed by atoms with Gasteiger partial charge in [0.2, 0.25) is 0 Å². The minimum absolute atomic E-state index is 0.211. The Hall–Kier alpha value is -0.760. The maximum absolute atomic E-state index is 13.0. The van der Waals surface area contributed by atoms with Crippen LogP contribution in [0.25, 0.3) is 0 Å². The first-order chi connectivity index (χ1) is 5.68. The van der Waals surface area contributed by atoms with E-state index in [1.165, 1.54) is 6.07 Å². The van der Waals surface area contributed by atoms with Crippen molar-refractivity contribution >= 4 is 17.3 Å². The molecular formula is C9H9ClFN. The molecule has 0 aliphatic carbocycles. The molecule has 64 valence electrons. The van der Waals surface area contributed by atoms with Gasteiger partial charge in [-0.15, -0.1) is 0 Å². The number of nitrogens with zero attached hydrogens (tertiary/aromatic N) is 1. The van der Waals surface area contributed by atoms with Crippen LogP contribution in [0.15, 0.2) is 12.1 Å². The fourth-order valence-electron chi connectivity index (χ4n) is 1.54. The lowest BCUT2D eigenvalue weighted by atomic mass is 10.2. The molecule has 0 radical (unpaired) electrons. The minimum atomic E-state index is -0.314. The lowest BCUT2D eigenvalue weighted by Crippen LogP contribution is -2.12. The van der Waals surface area contributed by atoms with Crippen molar-refractivity contribution in [2.75, 3.05) is 18.5 Å². The average molecular weight is 186 g/mol. The smallest absolute Gasteiger partial charge is 0.142 e. The van der Waals surface area contributed by atoms with Gasteiger partial charge in [0.1, 0.15) is 5.82 Å². The van der Waals surface area contributed by atoms with Gasteiger partial charge in [0.05, 0.1) is 5.02 Å². The highest BCUT2D eigenvalue weighted by Gasteiger charge is 2.17. The molecule has 0 N–H and O–H groups in total. The van der Waals surface area contributed by atoms with Crippen LogP contribution in [0.1, 0.15) is 5.56 Å². The molecule has 1 aromatic carbocycles. The Labute approximate surface area is 75.7 Å². The quantitative estimate of drug-likeness (QED) is 0.600. The van der Waals surface area contributed by atoms with E-state index in [-0.39, 0.29) is 10.8 Å². The number of hydrogen-bond donors (Lipinski definition) is 0. The molecule has 0 bridgehead atoms. The molecule has 1 aliphatic heterocycles. The highest BCUT2D eigenvalue weighted by atomic mass is 35.5. The third-order valence-corrected chi connectivity index (χ3v) is 2.54. The molecule has 1 heterocycles. The Bertz CT molecular complexity index is 325. The molecule has 2 rings (SSSR count). The van der Waals surface area contributed by atoms with Crippen LogP contribution in [0.2, 0.25) is 5.02 Å². The second-order valence-electron chi connectivity index (χ2n) is 3.07. The number of hydrogen-bond acceptors (Lipinski definition) is 1. The maximum atomic E-state index is 13.0. The fourth-order valence-corrected chi connectivity index (χ4v) is 1.70. The van der Waals surface area contributed by atoms with Crippen molar-refractivity contribution in [3.63, 3.8) is 0 Å². The molecule has 1 aliphatic rings. The van der Waals surface area contributed by atoms with Gasteiger partial charge in [-0.1, -0.05) is 11.6 Å². The monoisotopic (exact) mass is 185 g/mol. The maximum Gasteiger partial charge on any atom is 0.142 e. The van der Waals surface area contributed by atoms with E-state index in [4.69, 9.17) is 11.6 Å². The van der Waals surface area contributed by atoms with Crippen molar-refractivity contribution in [1.29, 1.82) is 0 Å². The number of benzene rings is 1. The van der Waals surface area contributed by atoms with Crippen LogP contribution in [0.4, 0.5) is 10.1 Å². The SMILES string of the molecule is CN1CCc2cc(F)c(Cl)cc21. The van der Waals surface area contributed by atoms with E-state index in [1.54, 1.807) is 6.07 Å². The Balaban J connectivity index is 2.56. The van der Waals surface area contributed by atoms with Crippen molar-refractivity contribution in [3.8, 4) is 0 Å². The highest BCUT2D eigenvalue weighted by Crippen LogP contribution is 2.31. The summed E-state index contributed by atoms with van der Waals surface area (Å²) in [6.07, 6.45) is 0.917. The molecule has 0 spiro atoms. The van der Waals surface area contributed by atoms with Gasteiger partial charge < -0.3 is 4.90 Å². The number of likely N-dealkylation sites (N-methyl/N-ethyl adjacent to an activating group) is 1. The molecular weight excluding hydrogens is 177 g/mol. The molecule has 0 atom stereocenters. The first-order valence-corrected chi connectivity index (χ1v) is 4.25. The van der Waals surface area contributed by atoms with Crippen molar-refractivity contribution in [3.05, 3.63) is 28.5 Å². The van der Waals surface area contributed by atoms with Crippen molar-refractivity contribution in [2.24, 2.45) is 0 Å². The Kier molecular flexibility index (Phi) is 1.72. The molecule has 0 saturated carbocycles. The van der Waals surface area contributed by atoms with E-state index in [0.29, 0.717) is 0 Å². The van der Waals surface area contributed by atoms with Crippen molar-refractivity contribution in [2.45, 2.75) is 6.42 Å².